The number of carbonyl (C=O) groups is 1. The zero-order chi connectivity index (χ0) is 28.3. The third kappa shape index (κ3) is 5.53. The van der Waals surface area contributed by atoms with E-state index in [1.807, 2.05) is 48.9 Å². The zero-order valence-corrected chi connectivity index (χ0v) is 23.4. The second-order valence-electron chi connectivity index (χ2n) is 10.9. The number of nitrogens with zero attached hydrogens (tertiary/aromatic N) is 7. The normalized spacial score (nSPS) is 16.9. The third-order valence-corrected chi connectivity index (χ3v) is 8.15. The van der Waals surface area contributed by atoms with Gasteiger partial charge in [0.15, 0.2) is 0 Å². The minimum atomic E-state index is -0.303. The first-order chi connectivity index (χ1) is 20.7. The minimum absolute atomic E-state index is 0.145. The van der Waals surface area contributed by atoms with Gasteiger partial charge in [-0.05, 0) is 47.7 Å². The molecule has 5 heterocycles. The van der Waals surface area contributed by atoms with Crippen molar-refractivity contribution >= 4 is 11.6 Å². The molecule has 1 amide bonds. The summed E-state index contributed by atoms with van der Waals surface area (Å²) in [4.78, 5) is 31.4. The number of carbonyl (C=O) groups excluding carboxylic acids is 1. The molecule has 0 radical (unpaired) electrons. The Labute approximate surface area is 244 Å². The average Bonchev–Trinajstić information content (AvgIpc) is 3.69. The largest absolute Gasteiger partial charge is 0.369 e. The van der Waals surface area contributed by atoms with Crippen LogP contribution in [0.1, 0.15) is 51.4 Å². The van der Waals surface area contributed by atoms with Gasteiger partial charge in [0.25, 0.3) is 5.91 Å². The number of nitrogens with one attached hydrogen (secondary N) is 2. The molecule has 42 heavy (non-hydrogen) atoms. The summed E-state index contributed by atoms with van der Waals surface area (Å²) in [6.45, 7) is 4.93. The molecule has 1 unspecified atom stereocenters. The maximum atomic E-state index is 13.2. The van der Waals surface area contributed by atoms with E-state index < -0.39 is 0 Å². The molecule has 10 heteroatoms. The van der Waals surface area contributed by atoms with Gasteiger partial charge in [0.2, 0.25) is 5.82 Å². The van der Waals surface area contributed by atoms with Gasteiger partial charge in [-0.2, -0.15) is 0 Å². The van der Waals surface area contributed by atoms with Crippen molar-refractivity contribution in [2.75, 3.05) is 31.1 Å². The monoisotopic (exact) mass is 559 g/mol. The van der Waals surface area contributed by atoms with Crippen LogP contribution in [0, 0.1) is 0 Å². The highest BCUT2D eigenvalue weighted by Crippen LogP contribution is 2.30. The maximum absolute atomic E-state index is 13.2. The number of aromatic amines is 1. The minimum Gasteiger partial charge on any atom is -0.369 e. The van der Waals surface area contributed by atoms with Crippen molar-refractivity contribution < 1.29 is 4.79 Å². The number of amides is 1. The van der Waals surface area contributed by atoms with Crippen LogP contribution in [0.4, 0.5) is 5.69 Å². The van der Waals surface area contributed by atoms with Crippen molar-refractivity contribution in [1.82, 2.24) is 39.9 Å². The number of aryl methyl sites for hydroxylation is 1. The van der Waals surface area contributed by atoms with Crippen molar-refractivity contribution in [3.63, 3.8) is 0 Å². The predicted molar refractivity (Wildman–Crippen MR) is 159 cm³/mol. The summed E-state index contributed by atoms with van der Waals surface area (Å²) in [7, 11) is 0. The van der Waals surface area contributed by atoms with E-state index in [-0.39, 0.29) is 17.8 Å². The van der Waals surface area contributed by atoms with Gasteiger partial charge in [-0.25, -0.2) is 9.97 Å². The molecule has 0 bridgehead atoms. The number of hydrogen-bond acceptors (Lipinski definition) is 7. The number of fused-ring (bicyclic) bond motifs is 3. The van der Waals surface area contributed by atoms with E-state index >= 15 is 0 Å². The Bertz CT molecular complexity index is 1660. The van der Waals surface area contributed by atoms with Gasteiger partial charge in [0.1, 0.15) is 11.6 Å². The first kappa shape index (κ1) is 26.1. The lowest BCUT2D eigenvalue weighted by atomic mass is 10.0. The number of rotatable bonds is 7. The van der Waals surface area contributed by atoms with Crippen molar-refractivity contribution in [2.45, 2.75) is 31.8 Å². The van der Waals surface area contributed by atoms with Crippen LogP contribution in [0.3, 0.4) is 0 Å². The lowest BCUT2D eigenvalue weighted by Crippen LogP contribution is -2.45. The zero-order valence-electron chi connectivity index (χ0n) is 23.4. The highest BCUT2D eigenvalue weighted by atomic mass is 16.2. The summed E-state index contributed by atoms with van der Waals surface area (Å²) < 4.78 is 2.12. The SMILES string of the molecule is O=C(NC1CCc2ccc(CN3CCN(c4ccncc4)CC3)cc2-n2ccnc21)c1n[nH]c(Cc2ccccc2)n1. The van der Waals surface area contributed by atoms with Crippen LogP contribution in [0.15, 0.2) is 85.5 Å². The molecule has 1 fully saturated rings. The summed E-state index contributed by atoms with van der Waals surface area (Å²) in [6.07, 6.45) is 9.67. The van der Waals surface area contributed by atoms with E-state index in [1.54, 1.807) is 6.20 Å². The summed E-state index contributed by atoms with van der Waals surface area (Å²) in [5, 5.41) is 10.2. The summed E-state index contributed by atoms with van der Waals surface area (Å²) >= 11 is 0. The average molecular weight is 560 g/mol. The fourth-order valence-electron chi connectivity index (χ4n) is 5.95. The van der Waals surface area contributed by atoms with Crippen molar-refractivity contribution in [3.8, 4) is 5.69 Å². The quantitative estimate of drug-likeness (QED) is 0.313. The van der Waals surface area contributed by atoms with Gasteiger partial charge in [-0.3, -0.25) is 19.8 Å². The van der Waals surface area contributed by atoms with E-state index in [0.29, 0.717) is 12.2 Å². The van der Waals surface area contributed by atoms with Crippen molar-refractivity contribution in [3.05, 3.63) is 120 Å². The Hall–Kier alpha value is -4.83. The molecule has 1 atom stereocenters. The summed E-state index contributed by atoms with van der Waals surface area (Å²) in [6, 6.07) is 20.7. The lowest BCUT2D eigenvalue weighted by molar-refractivity contribution is 0.0922. The van der Waals surface area contributed by atoms with E-state index in [2.05, 4.69) is 75.2 Å². The molecular formula is C32H33N9O. The molecule has 0 spiro atoms. The highest BCUT2D eigenvalue weighted by Gasteiger charge is 2.27. The smallest absolute Gasteiger partial charge is 0.291 e. The van der Waals surface area contributed by atoms with Crippen LogP contribution in [-0.4, -0.2) is 66.7 Å². The topological polar surface area (TPSA) is 108 Å². The number of aromatic nitrogens is 6. The Balaban J connectivity index is 1.02. The van der Waals surface area contributed by atoms with Gasteiger partial charge in [-0.1, -0.05) is 42.5 Å². The maximum Gasteiger partial charge on any atom is 0.291 e. The number of imidazole rings is 1. The number of piperazine rings is 1. The van der Waals surface area contributed by atoms with Crippen LogP contribution in [0.5, 0.6) is 0 Å². The first-order valence-corrected chi connectivity index (χ1v) is 14.5. The Morgan fingerprint density at radius 3 is 2.62 bits per heavy atom. The molecular weight excluding hydrogens is 526 g/mol. The fraction of sp³-hybridized carbons (Fsp3) is 0.281. The second-order valence-corrected chi connectivity index (χ2v) is 10.9. The van der Waals surface area contributed by atoms with Crippen molar-refractivity contribution in [2.24, 2.45) is 0 Å². The summed E-state index contributed by atoms with van der Waals surface area (Å²) in [5.74, 6) is 1.33. The van der Waals surface area contributed by atoms with Gasteiger partial charge >= 0.3 is 0 Å². The first-order valence-electron chi connectivity index (χ1n) is 14.5. The molecule has 2 N–H and O–H groups in total. The Morgan fingerprint density at radius 2 is 1.79 bits per heavy atom. The summed E-state index contributed by atoms with van der Waals surface area (Å²) in [5.41, 5.74) is 6.01. The number of H-pyrrole nitrogens is 1. The number of pyridine rings is 1. The molecule has 5 aromatic rings. The van der Waals surface area contributed by atoms with E-state index in [1.165, 1.54) is 16.8 Å². The molecule has 0 aliphatic carbocycles. The fourth-order valence-corrected chi connectivity index (χ4v) is 5.95. The molecule has 10 nitrogen and oxygen atoms in total. The number of anilines is 1. The van der Waals surface area contributed by atoms with E-state index in [9.17, 15) is 4.79 Å². The molecule has 3 aromatic heterocycles. The predicted octanol–water partition coefficient (Wildman–Crippen LogP) is 3.72. The van der Waals surface area contributed by atoms with Gasteiger partial charge in [0.05, 0.1) is 11.7 Å². The molecule has 2 aromatic carbocycles. The molecule has 2 aliphatic rings. The van der Waals surface area contributed by atoms with Gasteiger partial charge in [0, 0.05) is 69.6 Å². The molecule has 1 saturated heterocycles. The van der Waals surface area contributed by atoms with Crippen LogP contribution in [0.25, 0.3) is 5.69 Å². The lowest BCUT2D eigenvalue weighted by Gasteiger charge is -2.36. The molecule has 0 saturated carbocycles. The second kappa shape index (κ2) is 11.6. The Kier molecular flexibility index (Phi) is 7.19. The van der Waals surface area contributed by atoms with E-state index in [0.717, 1.165) is 62.6 Å². The number of hydrogen-bond donors (Lipinski definition) is 2. The van der Waals surface area contributed by atoms with E-state index in [4.69, 9.17) is 0 Å². The number of benzene rings is 2. The third-order valence-electron chi connectivity index (χ3n) is 8.15. The standard InChI is InChI=1S/C32H33N9O/c42-32(30-36-29(37-38-30)21-23-4-2-1-3-5-23)35-27-9-8-25-7-6-24(20-28(25)41-15-14-34-31(27)41)22-39-16-18-40(19-17-39)26-10-12-33-13-11-26/h1-7,10-15,20,27H,8-9,16-19,21-22H2,(H,35,42)(H,36,37,38). The molecule has 212 valence electrons. The van der Waals surface area contributed by atoms with Crippen LogP contribution in [-0.2, 0) is 19.4 Å². The van der Waals surface area contributed by atoms with Gasteiger partial charge < -0.3 is 14.8 Å². The van der Waals surface area contributed by atoms with Gasteiger partial charge in [-0.15, -0.1) is 5.10 Å². The van der Waals surface area contributed by atoms with Crippen LogP contribution >= 0.6 is 0 Å². The van der Waals surface area contributed by atoms with Crippen molar-refractivity contribution in [1.29, 1.82) is 0 Å². The molecule has 2 aliphatic heterocycles. The van der Waals surface area contributed by atoms with Crippen LogP contribution < -0.4 is 10.2 Å². The highest BCUT2D eigenvalue weighted by molar-refractivity contribution is 5.90. The molecule has 7 rings (SSSR count). The Morgan fingerprint density at radius 1 is 0.952 bits per heavy atom. The van der Waals surface area contributed by atoms with Crippen LogP contribution in [0.2, 0.25) is 0 Å².